The maximum atomic E-state index is 13.0. The van der Waals surface area contributed by atoms with E-state index in [0.717, 1.165) is 44.9 Å². The molecule has 0 fully saturated rings. The lowest BCUT2D eigenvalue weighted by Gasteiger charge is -2.25. The van der Waals surface area contributed by atoms with Crippen LogP contribution >= 0.6 is 7.82 Å². The molecule has 0 bridgehead atoms. The number of amides is 1. The minimum absolute atomic E-state index is 0.0551. The van der Waals surface area contributed by atoms with Gasteiger partial charge in [-0.25, -0.2) is 4.57 Å². The summed E-state index contributed by atoms with van der Waals surface area (Å²) in [6.45, 7) is 4.82. The normalized spacial score (nSPS) is 14.1. The Labute approximate surface area is 436 Å². The highest BCUT2D eigenvalue weighted by atomic mass is 31.2. The molecular weight excluding hydrogens is 888 g/mol. The van der Waals surface area contributed by atoms with Crippen LogP contribution in [0.1, 0.15) is 296 Å². The van der Waals surface area contributed by atoms with Crippen molar-refractivity contribution in [2.24, 2.45) is 0 Å². The van der Waals surface area contributed by atoms with Crippen LogP contribution in [0.15, 0.2) is 36.5 Å². The third kappa shape index (κ3) is 54.5. The van der Waals surface area contributed by atoms with Crippen molar-refractivity contribution in [3.63, 3.8) is 0 Å². The van der Waals surface area contributed by atoms with Crippen LogP contribution in [0.3, 0.4) is 0 Å². The number of phosphoric acid groups is 1. The van der Waals surface area contributed by atoms with Crippen molar-refractivity contribution in [2.45, 2.75) is 309 Å². The van der Waals surface area contributed by atoms with Gasteiger partial charge in [0.05, 0.1) is 39.9 Å². The van der Waals surface area contributed by atoms with Gasteiger partial charge in [0.2, 0.25) is 5.91 Å². The van der Waals surface area contributed by atoms with E-state index in [2.05, 4.69) is 43.5 Å². The largest absolute Gasteiger partial charge is 0.472 e. The number of aliphatic hydroxyl groups excluding tert-OH is 1. The molecular formula is C61H120N2O6P+. The summed E-state index contributed by atoms with van der Waals surface area (Å²) in [5, 5.41) is 13.9. The Bertz CT molecular complexity index is 1230. The lowest BCUT2D eigenvalue weighted by molar-refractivity contribution is -0.870. The molecule has 8 nitrogen and oxygen atoms in total. The summed E-state index contributed by atoms with van der Waals surface area (Å²) in [4.78, 5) is 23.3. The number of aliphatic hydroxyl groups is 1. The molecule has 0 saturated carbocycles. The molecule has 0 aliphatic heterocycles. The van der Waals surface area contributed by atoms with Crippen LogP contribution in [0.2, 0.25) is 0 Å². The van der Waals surface area contributed by atoms with Gasteiger partial charge in [-0.3, -0.25) is 13.8 Å². The van der Waals surface area contributed by atoms with Gasteiger partial charge in [-0.1, -0.05) is 281 Å². The molecule has 0 rings (SSSR count). The molecule has 0 saturated heterocycles. The lowest BCUT2D eigenvalue weighted by atomic mass is 10.0. The molecule has 3 N–H and O–H groups in total. The second-order valence-electron chi connectivity index (χ2n) is 22.1. The average molecular weight is 1010 g/mol. The van der Waals surface area contributed by atoms with Crippen LogP contribution in [-0.2, 0) is 18.4 Å². The number of carbonyl (C=O) groups excluding carboxylic acids is 1. The molecule has 414 valence electrons. The molecule has 0 radical (unpaired) electrons. The number of unbranched alkanes of at least 4 members (excludes halogenated alkanes) is 39. The number of hydrogen-bond acceptors (Lipinski definition) is 5. The molecule has 3 unspecified atom stereocenters. The quantitative estimate of drug-likeness (QED) is 0.0243. The van der Waals surface area contributed by atoms with Crippen LogP contribution in [0.25, 0.3) is 0 Å². The summed E-state index contributed by atoms with van der Waals surface area (Å²) in [5.41, 5.74) is 0. The first-order valence-corrected chi connectivity index (χ1v) is 31.9. The maximum absolute atomic E-state index is 13.0. The van der Waals surface area contributed by atoms with Gasteiger partial charge in [0.25, 0.3) is 0 Å². The van der Waals surface area contributed by atoms with Crippen molar-refractivity contribution in [3.8, 4) is 0 Å². The molecule has 0 aliphatic carbocycles. The van der Waals surface area contributed by atoms with E-state index in [-0.39, 0.29) is 19.1 Å². The molecule has 3 atom stereocenters. The topological polar surface area (TPSA) is 105 Å². The SMILES string of the molecule is CCCCCCCCC/C=C/CC/C=C/CC/C=C/C(O)C(COP(=O)(O)OCC[N+](C)(C)C)NC(=O)CCCCCCCCCCCCCCCCCCCCCCCCCCCCCCCCC. The number of hydrogen-bond donors (Lipinski definition) is 3. The van der Waals surface area contributed by atoms with Crippen LogP contribution in [0, 0.1) is 0 Å². The molecule has 0 aromatic carbocycles. The number of likely N-dealkylation sites (N-methyl/N-ethyl adjacent to an activating group) is 1. The van der Waals surface area contributed by atoms with Gasteiger partial charge >= 0.3 is 7.82 Å². The second kappa shape index (κ2) is 52.6. The van der Waals surface area contributed by atoms with Gasteiger partial charge < -0.3 is 19.8 Å². The Balaban J connectivity index is 4.08. The summed E-state index contributed by atoms with van der Waals surface area (Å²) in [7, 11) is 1.56. The predicted molar refractivity (Wildman–Crippen MR) is 304 cm³/mol. The van der Waals surface area contributed by atoms with Crippen molar-refractivity contribution in [1.82, 2.24) is 5.32 Å². The van der Waals surface area contributed by atoms with E-state index >= 15 is 0 Å². The van der Waals surface area contributed by atoms with E-state index in [4.69, 9.17) is 9.05 Å². The van der Waals surface area contributed by atoms with E-state index < -0.39 is 20.0 Å². The number of nitrogens with zero attached hydrogens (tertiary/aromatic N) is 1. The molecule has 9 heteroatoms. The van der Waals surface area contributed by atoms with Crippen molar-refractivity contribution in [2.75, 3.05) is 40.9 Å². The molecule has 0 aliphatic rings. The van der Waals surface area contributed by atoms with E-state index in [0.29, 0.717) is 17.4 Å². The van der Waals surface area contributed by atoms with Crippen LogP contribution < -0.4 is 5.32 Å². The van der Waals surface area contributed by atoms with Crippen molar-refractivity contribution >= 4 is 13.7 Å². The first kappa shape index (κ1) is 68.7. The van der Waals surface area contributed by atoms with Crippen molar-refractivity contribution in [1.29, 1.82) is 0 Å². The summed E-state index contributed by atoms with van der Waals surface area (Å²) < 4.78 is 23.7. The Morgan fingerprint density at radius 1 is 0.471 bits per heavy atom. The van der Waals surface area contributed by atoms with Gasteiger partial charge in [0, 0.05) is 6.42 Å². The minimum atomic E-state index is -4.36. The minimum Gasteiger partial charge on any atom is -0.387 e. The fourth-order valence-electron chi connectivity index (χ4n) is 9.08. The molecule has 0 heterocycles. The van der Waals surface area contributed by atoms with Gasteiger partial charge in [-0.2, -0.15) is 0 Å². The fourth-order valence-corrected chi connectivity index (χ4v) is 9.81. The molecule has 1 amide bonds. The first-order valence-electron chi connectivity index (χ1n) is 30.4. The van der Waals surface area contributed by atoms with Gasteiger partial charge in [0.1, 0.15) is 13.2 Å². The van der Waals surface area contributed by atoms with E-state index in [9.17, 15) is 19.4 Å². The molecule has 0 aromatic rings. The average Bonchev–Trinajstić information content (AvgIpc) is 3.32. The number of allylic oxidation sites excluding steroid dienone is 5. The fraction of sp³-hybridized carbons (Fsp3) is 0.885. The lowest BCUT2D eigenvalue weighted by Crippen LogP contribution is -2.45. The number of rotatable bonds is 56. The third-order valence-corrected chi connectivity index (χ3v) is 14.8. The van der Waals surface area contributed by atoms with Crippen molar-refractivity contribution < 1.29 is 32.9 Å². The number of nitrogens with one attached hydrogen (secondary N) is 1. The Morgan fingerprint density at radius 2 is 0.786 bits per heavy atom. The monoisotopic (exact) mass is 1010 g/mol. The zero-order chi connectivity index (χ0) is 51.3. The van der Waals surface area contributed by atoms with Crippen molar-refractivity contribution in [3.05, 3.63) is 36.5 Å². The van der Waals surface area contributed by atoms with E-state index in [1.165, 1.54) is 231 Å². The highest BCUT2D eigenvalue weighted by Gasteiger charge is 2.27. The summed E-state index contributed by atoms with van der Waals surface area (Å²) in [6.07, 6.45) is 68.4. The highest BCUT2D eigenvalue weighted by molar-refractivity contribution is 7.47. The molecule has 0 aromatic heterocycles. The summed E-state index contributed by atoms with van der Waals surface area (Å²) in [6, 6.07) is -0.868. The third-order valence-electron chi connectivity index (χ3n) is 13.8. The van der Waals surface area contributed by atoms with Gasteiger partial charge in [0.15, 0.2) is 0 Å². The second-order valence-corrected chi connectivity index (χ2v) is 23.5. The Morgan fingerprint density at radius 3 is 1.14 bits per heavy atom. The Kier molecular flexibility index (Phi) is 51.6. The van der Waals surface area contributed by atoms with Crippen LogP contribution in [-0.4, -0.2) is 73.4 Å². The highest BCUT2D eigenvalue weighted by Crippen LogP contribution is 2.43. The summed E-state index contributed by atoms with van der Waals surface area (Å²) in [5.74, 6) is -0.186. The molecule has 70 heavy (non-hydrogen) atoms. The maximum Gasteiger partial charge on any atom is 0.472 e. The van der Waals surface area contributed by atoms with Gasteiger partial charge in [-0.05, 0) is 44.9 Å². The predicted octanol–water partition coefficient (Wildman–Crippen LogP) is 18.5. The summed E-state index contributed by atoms with van der Waals surface area (Å²) >= 11 is 0. The van der Waals surface area contributed by atoms with E-state index in [1.54, 1.807) is 6.08 Å². The van der Waals surface area contributed by atoms with Crippen LogP contribution in [0.5, 0.6) is 0 Å². The zero-order valence-electron chi connectivity index (χ0n) is 47.3. The number of phosphoric ester groups is 1. The van der Waals surface area contributed by atoms with Gasteiger partial charge in [-0.15, -0.1) is 0 Å². The van der Waals surface area contributed by atoms with E-state index in [1.807, 2.05) is 27.2 Å². The number of carbonyl (C=O) groups is 1. The first-order chi connectivity index (χ1) is 34.0. The standard InChI is InChI=1S/C61H119N2O6P/c1-6-8-10-12-14-16-18-20-22-24-25-26-27-28-29-30-31-32-33-34-35-36-37-39-41-43-45-47-49-51-53-55-61(65)62-59(58-69-70(66,67)68-57-56-63(3,4)5)60(64)54-52-50-48-46-44-42-40-38-23-21-19-17-15-13-11-9-7-2/h23,38,44,46,52,54,59-60,64H,6-22,24-37,39-43,45,47-51,53,55-58H2,1-5H3,(H-,62,65,66,67)/p+1/b38-23+,46-44+,54-52+. The Hall–Kier alpha value is -1.28. The zero-order valence-corrected chi connectivity index (χ0v) is 48.2. The number of quaternary nitrogens is 1. The smallest absolute Gasteiger partial charge is 0.387 e. The van der Waals surface area contributed by atoms with Crippen LogP contribution in [0.4, 0.5) is 0 Å². The molecule has 0 spiro atoms.